The van der Waals surface area contributed by atoms with Gasteiger partial charge in [-0.3, -0.25) is 14.6 Å². The lowest BCUT2D eigenvalue weighted by Crippen LogP contribution is -2.59. The maximum Gasteiger partial charge on any atom is 0.242 e. The molecule has 3 aliphatic rings. The van der Waals surface area contributed by atoms with Crippen LogP contribution >= 0.6 is 23.2 Å². The van der Waals surface area contributed by atoms with E-state index < -0.39 is 0 Å². The van der Waals surface area contributed by atoms with Gasteiger partial charge in [0.1, 0.15) is 17.7 Å². The summed E-state index contributed by atoms with van der Waals surface area (Å²) in [5.41, 5.74) is 1.90. The highest BCUT2D eigenvalue weighted by Gasteiger charge is 2.38. The zero-order chi connectivity index (χ0) is 27.6. The minimum absolute atomic E-state index is 0.116. The zero-order valence-corrected chi connectivity index (χ0v) is 24.4. The number of imidazole rings is 1. The number of nitrogens with one attached hydrogen (secondary N) is 2. The Hall–Kier alpha value is -2.65. The van der Waals surface area contributed by atoms with Crippen molar-refractivity contribution in [1.29, 1.82) is 0 Å². The zero-order valence-electron chi connectivity index (χ0n) is 22.9. The van der Waals surface area contributed by atoms with Crippen molar-refractivity contribution in [3.63, 3.8) is 0 Å². The molecule has 3 fully saturated rings. The minimum atomic E-state index is -0.269. The van der Waals surface area contributed by atoms with Crippen LogP contribution in [0.4, 0.5) is 5.82 Å². The topological polar surface area (TPSA) is 80.4 Å². The molecule has 0 unspecified atom stereocenters. The van der Waals surface area contributed by atoms with Gasteiger partial charge < -0.3 is 15.2 Å². The fraction of sp³-hybridized carbons (Fsp3) is 0.500. The second-order valence-corrected chi connectivity index (χ2v) is 12.1. The van der Waals surface area contributed by atoms with Crippen molar-refractivity contribution >= 4 is 34.9 Å². The second kappa shape index (κ2) is 12.1. The van der Waals surface area contributed by atoms with Gasteiger partial charge in [-0.15, -0.1) is 0 Å². The van der Waals surface area contributed by atoms with E-state index in [-0.39, 0.29) is 11.9 Å². The summed E-state index contributed by atoms with van der Waals surface area (Å²) in [5.74, 6) is 1.73. The SMILES string of the molecule is CC[C@H]1CN(c2ncc(-c3ncc[nH]3)cc2Cl)CCN1C1CCN([C@@H](C(=O)NC2CC2)c2ccc(Cl)cc2)CC1. The van der Waals surface area contributed by atoms with Crippen LogP contribution in [0.2, 0.25) is 10.0 Å². The van der Waals surface area contributed by atoms with E-state index >= 15 is 0 Å². The van der Waals surface area contributed by atoms with E-state index in [9.17, 15) is 4.79 Å². The molecule has 2 N–H and O–H groups in total. The smallest absolute Gasteiger partial charge is 0.242 e. The number of carbonyl (C=O) groups is 1. The molecule has 1 saturated carbocycles. The van der Waals surface area contributed by atoms with Crippen molar-refractivity contribution in [2.45, 2.75) is 63.2 Å². The van der Waals surface area contributed by atoms with Crippen LogP contribution in [0, 0.1) is 0 Å². The van der Waals surface area contributed by atoms with Crippen LogP contribution in [-0.4, -0.2) is 81.5 Å². The minimum Gasteiger partial charge on any atom is -0.353 e. The van der Waals surface area contributed by atoms with Gasteiger partial charge >= 0.3 is 0 Å². The molecule has 2 aliphatic heterocycles. The van der Waals surface area contributed by atoms with E-state index in [1.807, 2.05) is 36.5 Å². The van der Waals surface area contributed by atoms with Gasteiger partial charge in [-0.1, -0.05) is 42.3 Å². The van der Waals surface area contributed by atoms with Crippen LogP contribution in [0.1, 0.15) is 50.6 Å². The summed E-state index contributed by atoms with van der Waals surface area (Å²) in [4.78, 5) is 32.9. The highest BCUT2D eigenvalue weighted by molar-refractivity contribution is 6.33. The van der Waals surface area contributed by atoms with Crippen LogP contribution in [-0.2, 0) is 4.79 Å². The Morgan fingerprint density at radius 3 is 2.50 bits per heavy atom. The number of hydrogen-bond acceptors (Lipinski definition) is 6. The molecule has 10 heteroatoms. The lowest BCUT2D eigenvalue weighted by Gasteiger charge is -2.48. The largest absolute Gasteiger partial charge is 0.353 e. The predicted molar refractivity (Wildman–Crippen MR) is 160 cm³/mol. The molecule has 1 amide bonds. The first-order valence-electron chi connectivity index (χ1n) is 14.5. The third kappa shape index (κ3) is 6.00. The Kier molecular flexibility index (Phi) is 8.30. The number of hydrogen-bond donors (Lipinski definition) is 2. The number of anilines is 1. The number of carbonyl (C=O) groups excluding carboxylic acids is 1. The number of nitrogens with zero attached hydrogens (tertiary/aromatic N) is 5. The molecule has 40 heavy (non-hydrogen) atoms. The Morgan fingerprint density at radius 1 is 1.07 bits per heavy atom. The molecule has 2 saturated heterocycles. The molecule has 0 radical (unpaired) electrons. The molecule has 3 aromatic rings. The summed E-state index contributed by atoms with van der Waals surface area (Å²) in [7, 11) is 0. The number of rotatable bonds is 8. The third-order valence-electron chi connectivity index (χ3n) is 8.58. The number of aromatic amines is 1. The normalized spacial score (nSPS) is 21.9. The first-order chi connectivity index (χ1) is 19.5. The van der Waals surface area contributed by atoms with Crippen LogP contribution in [0.15, 0.2) is 48.9 Å². The maximum absolute atomic E-state index is 13.3. The monoisotopic (exact) mass is 581 g/mol. The summed E-state index contributed by atoms with van der Waals surface area (Å²) < 4.78 is 0. The summed E-state index contributed by atoms with van der Waals surface area (Å²) in [6.45, 7) is 6.83. The van der Waals surface area contributed by atoms with Gasteiger partial charge in [0.15, 0.2) is 0 Å². The first kappa shape index (κ1) is 27.5. The van der Waals surface area contributed by atoms with Gasteiger partial charge in [0.2, 0.25) is 5.91 Å². The molecule has 6 rings (SSSR count). The number of benzene rings is 1. The van der Waals surface area contributed by atoms with E-state index in [0.717, 1.165) is 87.6 Å². The van der Waals surface area contributed by atoms with Crippen LogP contribution in [0.3, 0.4) is 0 Å². The van der Waals surface area contributed by atoms with Crippen molar-refractivity contribution in [3.05, 3.63) is 64.5 Å². The van der Waals surface area contributed by atoms with Crippen molar-refractivity contribution < 1.29 is 4.79 Å². The quantitative estimate of drug-likeness (QED) is 0.382. The van der Waals surface area contributed by atoms with Gasteiger partial charge in [-0.25, -0.2) is 9.97 Å². The first-order valence-corrected chi connectivity index (χ1v) is 15.2. The molecule has 212 valence electrons. The highest BCUT2D eigenvalue weighted by Crippen LogP contribution is 2.33. The third-order valence-corrected chi connectivity index (χ3v) is 9.11. The number of pyridine rings is 1. The number of piperazine rings is 1. The van der Waals surface area contributed by atoms with E-state index in [1.165, 1.54) is 0 Å². The molecule has 2 atom stereocenters. The standard InChI is InChI=1S/C30H37Cl2N7O/c1-2-24-19-38(29-26(32)17-21(18-35-29)28-33-11-12-34-28)15-16-39(24)25-9-13-37(14-10-25)27(30(40)36-23-7-8-23)20-3-5-22(31)6-4-20/h3-6,11-12,17-18,23-25,27H,2,7-10,13-16,19H2,1H3,(H,33,34)(H,36,40)/t24-,27+/m0/s1. The van der Waals surface area contributed by atoms with Crippen LogP contribution in [0.25, 0.3) is 11.4 Å². The van der Waals surface area contributed by atoms with Crippen molar-refractivity contribution in [1.82, 2.24) is 30.1 Å². The number of aromatic nitrogens is 3. The predicted octanol–water partition coefficient (Wildman–Crippen LogP) is 5.16. The van der Waals surface area contributed by atoms with Gasteiger partial charge in [0.05, 0.1) is 5.02 Å². The van der Waals surface area contributed by atoms with E-state index in [2.05, 4.69) is 36.9 Å². The molecule has 0 spiro atoms. The maximum atomic E-state index is 13.3. The molecular formula is C30H37Cl2N7O. The molecule has 1 aliphatic carbocycles. The number of likely N-dealkylation sites (tertiary alicyclic amines) is 1. The lowest BCUT2D eigenvalue weighted by atomic mass is 9.95. The average molecular weight is 583 g/mol. The summed E-state index contributed by atoms with van der Waals surface area (Å²) >= 11 is 12.9. The van der Waals surface area contributed by atoms with Crippen LogP contribution < -0.4 is 10.2 Å². The van der Waals surface area contributed by atoms with E-state index in [0.29, 0.717) is 28.2 Å². The molecule has 2 aromatic heterocycles. The Balaban J connectivity index is 1.10. The number of H-pyrrole nitrogens is 1. The highest BCUT2D eigenvalue weighted by atomic mass is 35.5. The van der Waals surface area contributed by atoms with Crippen molar-refractivity contribution in [2.24, 2.45) is 0 Å². The fourth-order valence-electron chi connectivity index (χ4n) is 6.28. The van der Waals surface area contributed by atoms with Gasteiger partial charge in [-0.2, -0.15) is 0 Å². The average Bonchev–Trinajstić information content (AvgIpc) is 3.61. The fourth-order valence-corrected chi connectivity index (χ4v) is 6.69. The summed E-state index contributed by atoms with van der Waals surface area (Å²) in [5, 5.41) is 4.59. The van der Waals surface area contributed by atoms with Gasteiger partial charge in [0.25, 0.3) is 0 Å². The molecular weight excluding hydrogens is 545 g/mol. The van der Waals surface area contributed by atoms with Gasteiger partial charge in [0, 0.05) is 80.0 Å². The van der Waals surface area contributed by atoms with Crippen molar-refractivity contribution in [2.75, 3.05) is 37.6 Å². The van der Waals surface area contributed by atoms with Crippen LogP contribution in [0.5, 0.6) is 0 Å². The van der Waals surface area contributed by atoms with E-state index in [4.69, 9.17) is 28.2 Å². The molecule has 1 aromatic carbocycles. The molecule has 0 bridgehead atoms. The molecule has 4 heterocycles. The number of piperidine rings is 1. The Bertz CT molecular complexity index is 1290. The van der Waals surface area contributed by atoms with Gasteiger partial charge in [-0.05, 0) is 55.9 Å². The van der Waals surface area contributed by atoms with E-state index in [1.54, 1.807) is 12.4 Å². The Morgan fingerprint density at radius 2 is 1.85 bits per heavy atom. The lowest BCUT2D eigenvalue weighted by molar-refractivity contribution is -0.127. The molecule has 8 nitrogen and oxygen atoms in total. The van der Waals surface area contributed by atoms with Crippen molar-refractivity contribution in [3.8, 4) is 11.4 Å². The number of amides is 1. The number of halogens is 2. The second-order valence-electron chi connectivity index (χ2n) is 11.2. The summed E-state index contributed by atoms with van der Waals surface area (Å²) in [6.07, 6.45) is 10.7. The summed E-state index contributed by atoms with van der Waals surface area (Å²) in [6, 6.07) is 10.7. The Labute approximate surface area is 246 Å².